The summed E-state index contributed by atoms with van der Waals surface area (Å²) in [6.07, 6.45) is 0.936. The molecule has 0 radical (unpaired) electrons. The van der Waals surface area contributed by atoms with E-state index in [1.165, 1.54) is 0 Å². The molecule has 9 heteroatoms. The van der Waals surface area contributed by atoms with Gasteiger partial charge in [-0.1, -0.05) is 60.7 Å². The van der Waals surface area contributed by atoms with Crippen LogP contribution in [-0.4, -0.2) is 61.3 Å². The second kappa shape index (κ2) is 13.8. The van der Waals surface area contributed by atoms with Crippen molar-refractivity contribution in [1.82, 2.24) is 15.4 Å². The van der Waals surface area contributed by atoms with Gasteiger partial charge in [0.15, 0.2) is 0 Å². The van der Waals surface area contributed by atoms with Gasteiger partial charge in [0.1, 0.15) is 6.10 Å². The number of anilines is 1. The van der Waals surface area contributed by atoms with Crippen LogP contribution >= 0.6 is 0 Å². The Bertz CT molecular complexity index is 1180. The fourth-order valence-corrected chi connectivity index (χ4v) is 4.47. The Morgan fingerprint density at radius 2 is 1.66 bits per heavy atom. The molecule has 0 aromatic heterocycles. The van der Waals surface area contributed by atoms with Crippen molar-refractivity contribution in [3.05, 3.63) is 90.0 Å². The lowest BCUT2D eigenvalue weighted by Gasteiger charge is -2.31. The van der Waals surface area contributed by atoms with Crippen LogP contribution in [-0.2, 0) is 11.3 Å². The van der Waals surface area contributed by atoms with Gasteiger partial charge in [-0.15, -0.1) is 0 Å². The quantitative estimate of drug-likeness (QED) is 0.305. The van der Waals surface area contributed by atoms with Crippen LogP contribution in [0.4, 0.5) is 10.5 Å². The minimum atomic E-state index is -0.575. The standard InChI is InChI=1S/C29H35BN4O4/c1-30(37)32-21-22-11-13-24(14-12-22)28(35)31-17-20-34-18-15-25(16-19-34)38-29(36)33-27-10-6-5-9-26(27)23-7-3-2-4-8-23/h2-14,25,32,37H,15-21H2,1H3,(H,31,35)(H,33,36). The van der Waals surface area contributed by atoms with Crippen LogP contribution in [0.3, 0.4) is 0 Å². The summed E-state index contributed by atoms with van der Waals surface area (Å²) in [5.74, 6) is -0.106. The Labute approximate surface area is 224 Å². The van der Waals surface area contributed by atoms with E-state index in [1.807, 2.05) is 66.7 Å². The van der Waals surface area contributed by atoms with Crippen molar-refractivity contribution in [2.45, 2.75) is 32.3 Å². The maximum absolute atomic E-state index is 12.6. The normalized spacial score (nSPS) is 14.1. The van der Waals surface area contributed by atoms with Gasteiger partial charge in [-0.25, -0.2) is 4.79 Å². The fourth-order valence-electron chi connectivity index (χ4n) is 4.47. The van der Waals surface area contributed by atoms with Crippen LogP contribution in [0.2, 0.25) is 6.82 Å². The van der Waals surface area contributed by atoms with Crippen LogP contribution in [0, 0.1) is 0 Å². The summed E-state index contributed by atoms with van der Waals surface area (Å²) in [5.41, 5.74) is 4.32. The number of ether oxygens (including phenoxy) is 1. The highest BCUT2D eigenvalue weighted by Crippen LogP contribution is 2.28. The molecule has 2 amide bonds. The average molecular weight is 514 g/mol. The highest BCUT2D eigenvalue weighted by Gasteiger charge is 2.22. The van der Waals surface area contributed by atoms with Gasteiger partial charge in [-0.2, -0.15) is 0 Å². The fraction of sp³-hybridized carbons (Fsp3) is 0.310. The number of nitrogens with zero attached hydrogens (tertiary/aromatic N) is 1. The van der Waals surface area contributed by atoms with Crippen molar-refractivity contribution in [2.75, 3.05) is 31.5 Å². The number of hydrogen-bond acceptors (Lipinski definition) is 6. The number of hydrogen-bond donors (Lipinski definition) is 4. The first-order chi connectivity index (χ1) is 18.5. The van der Waals surface area contributed by atoms with Gasteiger partial charge in [-0.3, -0.25) is 10.1 Å². The molecule has 1 fully saturated rings. The van der Waals surface area contributed by atoms with E-state index in [2.05, 4.69) is 20.8 Å². The van der Waals surface area contributed by atoms with Crippen LogP contribution < -0.4 is 15.9 Å². The van der Waals surface area contributed by atoms with E-state index in [0.29, 0.717) is 18.7 Å². The summed E-state index contributed by atoms with van der Waals surface area (Å²) >= 11 is 0. The second-order valence-electron chi connectivity index (χ2n) is 9.49. The van der Waals surface area contributed by atoms with Crippen molar-refractivity contribution >= 4 is 24.7 Å². The molecule has 3 aromatic carbocycles. The number of benzene rings is 3. The predicted octanol–water partition coefficient (Wildman–Crippen LogP) is 4.00. The van der Waals surface area contributed by atoms with Crippen LogP contribution in [0.1, 0.15) is 28.8 Å². The molecule has 0 aliphatic carbocycles. The van der Waals surface area contributed by atoms with E-state index >= 15 is 0 Å². The average Bonchev–Trinajstić information content (AvgIpc) is 2.94. The third-order valence-electron chi connectivity index (χ3n) is 6.59. The third kappa shape index (κ3) is 8.18. The van der Waals surface area contributed by atoms with E-state index in [0.717, 1.165) is 54.9 Å². The van der Waals surface area contributed by atoms with Gasteiger partial charge >= 0.3 is 13.1 Å². The third-order valence-corrected chi connectivity index (χ3v) is 6.59. The van der Waals surface area contributed by atoms with E-state index in [4.69, 9.17) is 4.74 Å². The second-order valence-corrected chi connectivity index (χ2v) is 9.49. The van der Waals surface area contributed by atoms with Crippen LogP contribution in [0.25, 0.3) is 11.1 Å². The zero-order chi connectivity index (χ0) is 26.7. The lowest BCUT2D eigenvalue weighted by Crippen LogP contribution is -2.42. The number of piperidine rings is 1. The molecular formula is C29H35BN4O4. The van der Waals surface area contributed by atoms with Crippen molar-refractivity contribution in [3.63, 3.8) is 0 Å². The van der Waals surface area contributed by atoms with Crippen LogP contribution in [0.5, 0.6) is 0 Å². The molecule has 0 bridgehead atoms. The topological polar surface area (TPSA) is 103 Å². The molecule has 0 atom stereocenters. The number of carbonyl (C=O) groups is 2. The van der Waals surface area contributed by atoms with Crippen molar-refractivity contribution in [3.8, 4) is 11.1 Å². The molecule has 1 aliphatic heterocycles. The largest absolute Gasteiger partial charge is 0.446 e. The maximum atomic E-state index is 12.6. The first kappa shape index (κ1) is 27.4. The predicted molar refractivity (Wildman–Crippen MR) is 151 cm³/mol. The molecule has 4 N–H and O–H groups in total. The van der Waals surface area contributed by atoms with E-state index in [1.54, 1.807) is 19.0 Å². The van der Waals surface area contributed by atoms with E-state index < -0.39 is 13.1 Å². The van der Waals surface area contributed by atoms with Gasteiger partial charge in [0.25, 0.3) is 5.91 Å². The highest BCUT2D eigenvalue weighted by atomic mass is 16.6. The van der Waals surface area contributed by atoms with Gasteiger partial charge in [0, 0.05) is 43.9 Å². The van der Waals surface area contributed by atoms with Gasteiger partial charge in [0.05, 0.1) is 5.69 Å². The summed E-state index contributed by atoms with van der Waals surface area (Å²) < 4.78 is 5.71. The molecule has 0 unspecified atom stereocenters. The first-order valence-corrected chi connectivity index (χ1v) is 13.1. The number of rotatable bonds is 10. The van der Waals surface area contributed by atoms with Gasteiger partial charge in [0.2, 0.25) is 0 Å². The van der Waals surface area contributed by atoms with Crippen molar-refractivity contribution in [1.29, 1.82) is 0 Å². The summed E-state index contributed by atoms with van der Waals surface area (Å²) in [5, 5.41) is 18.1. The molecule has 198 valence electrons. The number of likely N-dealkylation sites (tertiary alicyclic amines) is 1. The molecule has 4 rings (SSSR count). The monoisotopic (exact) mass is 514 g/mol. The summed E-state index contributed by atoms with van der Waals surface area (Å²) in [4.78, 5) is 27.3. The van der Waals surface area contributed by atoms with Gasteiger partial charge in [-0.05, 0) is 49.0 Å². The summed E-state index contributed by atoms with van der Waals surface area (Å²) in [6.45, 7) is 5.11. The number of para-hydroxylation sites is 1. The van der Waals surface area contributed by atoms with Gasteiger partial charge < -0.3 is 25.2 Å². The molecule has 3 aromatic rings. The lowest BCUT2D eigenvalue weighted by molar-refractivity contribution is 0.0587. The Morgan fingerprint density at radius 3 is 2.37 bits per heavy atom. The molecule has 1 aliphatic rings. The maximum Gasteiger partial charge on any atom is 0.411 e. The summed E-state index contributed by atoms with van der Waals surface area (Å²) in [7, 11) is -0.575. The van der Waals surface area contributed by atoms with Crippen LogP contribution in [0.15, 0.2) is 78.9 Å². The smallest absolute Gasteiger partial charge is 0.411 e. The van der Waals surface area contributed by atoms with E-state index in [-0.39, 0.29) is 12.0 Å². The molecule has 8 nitrogen and oxygen atoms in total. The number of amides is 2. The van der Waals surface area contributed by atoms with Crippen molar-refractivity contribution < 1.29 is 19.3 Å². The Hall–Kier alpha value is -3.66. The number of nitrogens with one attached hydrogen (secondary N) is 3. The zero-order valence-electron chi connectivity index (χ0n) is 21.7. The Kier molecular flexibility index (Phi) is 9.92. The highest BCUT2D eigenvalue weighted by molar-refractivity contribution is 6.45. The lowest BCUT2D eigenvalue weighted by atomic mass is 9.88. The van der Waals surface area contributed by atoms with E-state index in [9.17, 15) is 14.6 Å². The number of carbonyl (C=O) groups excluding carboxylic acids is 2. The molecule has 38 heavy (non-hydrogen) atoms. The zero-order valence-corrected chi connectivity index (χ0v) is 21.7. The first-order valence-electron chi connectivity index (χ1n) is 13.1. The molecule has 0 saturated carbocycles. The molecule has 1 heterocycles. The molecule has 1 saturated heterocycles. The molecule has 0 spiro atoms. The SMILES string of the molecule is CB(O)NCc1ccc(C(=O)NCCN2CCC(OC(=O)Nc3ccccc3-c3ccccc3)CC2)cc1. The summed E-state index contributed by atoms with van der Waals surface area (Å²) in [6, 6.07) is 25.0. The van der Waals surface area contributed by atoms with Crippen molar-refractivity contribution in [2.24, 2.45) is 0 Å². The Balaban J connectivity index is 1.16. The minimum Gasteiger partial charge on any atom is -0.446 e. The minimum absolute atomic E-state index is 0.106. The Morgan fingerprint density at radius 1 is 0.974 bits per heavy atom. The molecular weight excluding hydrogens is 479 g/mol.